The molecule has 0 aliphatic rings. The first-order chi connectivity index (χ1) is 12.1. The van der Waals surface area contributed by atoms with E-state index in [9.17, 15) is 14.7 Å². The molecular weight excluding hydrogens is 316 g/mol. The highest BCUT2D eigenvalue weighted by Gasteiger charge is 2.15. The number of hydrogen-bond donors (Lipinski definition) is 3. The smallest absolute Gasteiger partial charge is 0.243 e. The Morgan fingerprint density at radius 1 is 1.04 bits per heavy atom. The molecule has 0 aromatic heterocycles. The van der Waals surface area contributed by atoms with Gasteiger partial charge in [0.05, 0.1) is 19.1 Å². The van der Waals surface area contributed by atoms with Gasteiger partial charge < -0.3 is 15.7 Å². The van der Waals surface area contributed by atoms with Crippen LogP contribution in [-0.2, 0) is 22.6 Å². The van der Waals surface area contributed by atoms with Gasteiger partial charge in [0.15, 0.2) is 0 Å². The zero-order valence-electron chi connectivity index (χ0n) is 13.9. The van der Waals surface area contributed by atoms with Crippen LogP contribution in [0.15, 0.2) is 67.3 Å². The second-order valence-electron chi connectivity index (χ2n) is 5.58. The fraction of sp³-hybridized carbons (Fsp3) is 0.200. The molecule has 0 saturated heterocycles. The third kappa shape index (κ3) is 5.58. The van der Waals surface area contributed by atoms with E-state index >= 15 is 0 Å². The fourth-order valence-electron chi connectivity index (χ4n) is 2.49. The van der Waals surface area contributed by atoms with Crippen molar-refractivity contribution in [2.75, 3.05) is 6.61 Å². The third-order valence-corrected chi connectivity index (χ3v) is 3.83. The molecule has 0 unspecified atom stereocenters. The van der Waals surface area contributed by atoms with Crippen LogP contribution in [0.5, 0.6) is 0 Å². The summed E-state index contributed by atoms with van der Waals surface area (Å²) in [6, 6.07) is 16.3. The second-order valence-corrected chi connectivity index (χ2v) is 5.58. The van der Waals surface area contributed by atoms with E-state index in [0.29, 0.717) is 6.54 Å². The first kappa shape index (κ1) is 18.4. The van der Waals surface area contributed by atoms with Crippen molar-refractivity contribution in [2.45, 2.75) is 19.0 Å². The summed E-state index contributed by atoms with van der Waals surface area (Å²) < 4.78 is 0. The summed E-state index contributed by atoms with van der Waals surface area (Å²) in [7, 11) is 0. The van der Waals surface area contributed by atoms with E-state index in [0.717, 1.165) is 16.7 Å². The van der Waals surface area contributed by atoms with Crippen molar-refractivity contribution in [1.82, 2.24) is 10.6 Å². The van der Waals surface area contributed by atoms with Crippen LogP contribution in [0.2, 0.25) is 0 Å². The lowest BCUT2D eigenvalue weighted by atomic mass is 10.0. The topological polar surface area (TPSA) is 78.4 Å². The lowest BCUT2D eigenvalue weighted by molar-refractivity contribution is -0.121. The van der Waals surface area contributed by atoms with Crippen LogP contribution < -0.4 is 10.6 Å². The molecule has 0 heterocycles. The Hall–Kier alpha value is -2.92. The molecule has 25 heavy (non-hydrogen) atoms. The number of aliphatic hydroxyl groups excluding tert-OH is 1. The maximum absolute atomic E-state index is 12.4. The van der Waals surface area contributed by atoms with Crippen molar-refractivity contribution >= 4 is 11.8 Å². The first-order valence-corrected chi connectivity index (χ1v) is 8.06. The highest BCUT2D eigenvalue weighted by molar-refractivity contribution is 5.86. The van der Waals surface area contributed by atoms with Gasteiger partial charge in [0.25, 0.3) is 0 Å². The molecule has 0 fully saturated rings. The molecule has 130 valence electrons. The van der Waals surface area contributed by atoms with E-state index in [-0.39, 0.29) is 24.8 Å². The first-order valence-electron chi connectivity index (χ1n) is 8.06. The minimum absolute atomic E-state index is 0.170. The predicted molar refractivity (Wildman–Crippen MR) is 96.6 cm³/mol. The van der Waals surface area contributed by atoms with Crippen LogP contribution in [0, 0.1) is 0 Å². The van der Waals surface area contributed by atoms with E-state index in [1.165, 1.54) is 6.08 Å². The second kappa shape index (κ2) is 9.39. The van der Waals surface area contributed by atoms with E-state index in [2.05, 4.69) is 17.2 Å². The van der Waals surface area contributed by atoms with Gasteiger partial charge in [-0.15, -0.1) is 0 Å². The van der Waals surface area contributed by atoms with Gasteiger partial charge in [-0.3, -0.25) is 9.59 Å². The number of amides is 2. The Bertz CT molecular complexity index is 729. The molecule has 0 aliphatic heterocycles. The molecule has 0 spiro atoms. The summed E-state index contributed by atoms with van der Waals surface area (Å²) in [6.07, 6.45) is 1.38. The summed E-state index contributed by atoms with van der Waals surface area (Å²) in [5.74, 6) is -0.450. The Balaban J connectivity index is 2.02. The Kier molecular flexibility index (Phi) is 6.92. The van der Waals surface area contributed by atoms with Crippen LogP contribution in [0.1, 0.15) is 22.7 Å². The molecule has 5 nitrogen and oxygen atoms in total. The summed E-state index contributed by atoms with van der Waals surface area (Å²) in [5.41, 5.74) is 2.55. The number of carbonyl (C=O) groups excluding carboxylic acids is 2. The third-order valence-electron chi connectivity index (χ3n) is 3.83. The Morgan fingerprint density at radius 3 is 2.32 bits per heavy atom. The van der Waals surface area contributed by atoms with Crippen molar-refractivity contribution in [3.8, 4) is 0 Å². The van der Waals surface area contributed by atoms with Gasteiger partial charge in [-0.25, -0.2) is 0 Å². The number of carbonyl (C=O) groups is 2. The summed E-state index contributed by atoms with van der Waals surface area (Å²) in [4.78, 5) is 23.7. The lowest BCUT2D eigenvalue weighted by Crippen LogP contribution is -2.32. The van der Waals surface area contributed by atoms with Gasteiger partial charge in [-0.2, -0.15) is 0 Å². The molecule has 2 aromatic rings. The van der Waals surface area contributed by atoms with E-state index in [1.807, 2.05) is 54.6 Å². The van der Waals surface area contributed by atoms with Crippen molar-refractivity contribution in [1.29, 1.82) is 0 Å². The van der Waals surface area contributed by atoms with E-state index in [4.69, 9.17) is 0 Å². The molecule has 0 aliphatic carbocycles. The zero-order chi connectivity index (χ0) is 18.1. The number of nitrogens with one attached hydrogen (secondary N) is 2. The standard InChI is InChI=1S/C20H22N2O3/c1-2-19(24)21-13-17-11-7-6-10-16(17)12-20(25)22-18(14-23)15-8-4-3-5-9-15/h2-11,18,23H,1,12-14H2,(H,21,24)(H,22,25)/t18-/m0/s1. The highest BCUT2D eigenvalue weighted by Crippen LogP contribution is 2.14. The number of benzene rings is 2. The average Bonchev–Trinajstić information content (AvgIpc) is 2.65. The monoisotopic (exact) mass is 338 g/mol. The van der Waals surface area contributed by atoms with Gasteiger partial charge in [-0.1, -0.05) is 61.2 Å². The van der Waals surface area contributed by atoms with Gasteiger partial charge in [0.2, 0.25) is 11.8 Å². The molecule has 0 saturated carbocycles. The van der Waals surface area contributed by atoms with Crippen LogP contribution in [0.3, 0.4) is 0 Å². The highest BCUT2D eigenvalue weighted by atomic mass is 16.3. The number of hydrogen-bond acceptors (Lipinski definition) is 3. The maximum Gasteiger partial charge on any atom is 0.243 e. The number of rotatable bonds is 8. The van der Waals surface area contributed by atoms with E-state index < -0.39 is 6.04 Å². The van der Waals surface area contributed by atoms with Crippen molar-refractivity contribution < 1.29 is 14.7 Å². The van der Waals surface area contributed by atoms with Crippen LogP contribution in [0.25, 0.3) is 0 Å². The molecule has 5 heteroatoms. The van der Waals surface area contributed by atoms with Crippen molar-refractivity contribution in [3.63, 3.8) is 0 Å². The van der Waals surface area contributed by atoms with Crippen LogP contribution in [0.4, 0.5) is 0 Å². The molecule has 0 bridgehead atoms. The van der Waals surface area contributed by atoms with Crippen molar-refractivity contribution in [3.05, 3.63) is 83.9 Å². The number of aliphatic hydroxyl groups is 1. The van der Waals surface area contributed by atoms with Crippen molar-refractivity contribution in [2.24, 2.45) is 0 Å². The average molecular weight is 338 g/mol. The lowest BCUT2D eigenvalue weighted by Gasteiger charge is -2.17. The summed E-state index contributed by atoms with van der Waals surface area (Å²) in [5, 5.41) is 15.1. The fourth-order valence-corrected chi connectivity index (χ4v) is 2.49. The van der Waals surface area contributed by atoms with Gasteiger partial charge in [0, 0.05) is 6.54 Å². The Labute approximate surface area is 147 Å². The van der Waals surface area contributed by atoms with Crippen LogP contribution >= 0.6 is 0 Å². The summed E-state index contributed by atoms with van der Waals surface area (Å²) >= 11 is 0. The Morgan fingerprint density at radius 2 is 1.68 bits per heavy atom. The molecule has 3 N–H and O–H groups in total. The normalized spacial score (nSPS) is 11.4. The predicted octanol–water partition coefficient (Wildman–Crippen LogP) is 1.88. The largest absolute Gasteiger partial charge is 0.394 e. The van der Waals surface area contributed by atoms with Gasteiger partial charge in [-0.05, 0) is 22.8 Å². The molecule has 2 rings (SSSR count). The van der Waals surface area contributed by atoms with E-state index in [1.54, 1.807) is 0 Å². The zero-order valence-corrected chi connectivity index (χ0v) is 13.9. The van der Waals surface area contributed by atoms with Crippen LogP contribution in [-0.4, -0.2) is 23.5 Å². The maximum atomic E-state index is 12.4. The molecule has 0 radical (unpaired) electrons. The molecule has 1 atom stereocenters. The molecule has 2 aromatic carbocycles. The SMILES string of the molecule is C=CC(=O)NCc1ccccc1CC(=O)N[C@@H](CO)c1ccccc1. The molecule has 2 amide bonds. The minimum Gasteiger partial charge on any atom is -0.394 e. The summed E-state index contributed by atoms with van der Waals surface area (Å²) in [6.45, 7) is 3.57. The van der Waals surface area contributed by atoms with Gasteiger partial charge in [0.1, 0.15) is 0 Å². The quantitative estimate of drug-likeness (QED) is 0.643. The minimum atomic E-state index is -0.443. The molecular formula is C20H22N2O3. The van der Waals surface area contributed by atoms with Gasteiger partial charge >= 0.3 is 0 Å².